The van der Waals surface area contributed by atoms with Crippen LogP contribution in [-0.4, -0.2) is 36.4 Å². The smallest absolute Gasteiger partial charge is 0.407 e. The van der Waals surface area contributed by atoms with Crippen LogP contribution in [0.1, 0.15) is 32.8 Å². The molecule has 2 N–H and O–H groups in total. The Bertz CT molecular complexity index is 510. The van der Waals surface area contributed by atoms with Crippen LogP contribution >= 0.6 is 11.8 Å². The van der Waals surface area contributed by atoms with Crippen LogP contribution < -0.4 is 10.6 Å². The molecule has 0 aliphatic carbocycles. The maximum absolute atomic E-state index is 11.7. The Labute approximate surface area is 142 Å². The van der Waals surface area contributed by atoms with Crippen LogP contribution in [0.25, 0.3) is 0 Å². The molecule has 6 heteroatoms. The molecule has 0 fully saturated rings. The maximum Gasteiger partial charge on any atom is 0.407 e. The molecule has 0 heterocycles. The molecule has 0 atom stereocenters. The molecule has 0 bridgehead atoms. The van der Waals surface area contributed by atoms with Crippen molar-refractivity contribution in [3.8, 4) is 0 Å². The minimum atomic E-state index is -0.528. The highest BCUT2D eigenvalue weighted by Crippen LogP contribution is 2.17. The third kappa shape index (κ3) is 9.84. The average Bonchev–Trinajstić information content (AvgIpc) is 2.43. The summed E-state index contributed by atoms with van der Waals surface area (Å²) < 4.78 is 5.09. The molecule has 128 valence electrons. The maximum atomic E-state index is 11.7. The summed E-state index contributed by atoms with van der Waals surface area (Å²) in [5.74, 6) is 0.736. The number of benzene rings is 1. The summed E-state index contributed by atoms with van der Waals surface area (Å²) in [5, 5.41) is 5.40. The standard InChI is InChI=1S/C17H26N2O3S/c1-13-5-7-14(8-6-13)23-12-11-18-15(20)9-10-19-16(21)22-17(2,3)4/h5-8H,9-12H2,1-4H3,(H,18,20)(H,19,21). The van der Waals surface area contributed by atoms with Gasteiger partial charge in [0.05, 0.1) is 0 Å². The van der Waals surface area contributed by atoms with Gasteiger partial charge in [0.2, 0.25) is 5.91 Å². The van der Waals surface area contributed by atoms with Crippen LogP contribution in [0, 0.1) is 6.92 Å². The topological polar surface area (TPSA) is 67.4 Å². The van der Waals surface area contributed by atoms with E-state index in [-0.39, 0.29) is 18.9 Å². The molecule has 1 rings (SSSR count). The van der Waals surface area contributed by atoms with Gasteiger partial charge in [0.1, 0.15) is 5.60 Å². The van der Waals surface area contributed by atoms with Crippen LogP contribution in [0.15, 0.2) is 29.2 Å². The molecule has 0 saturated heterocycles. The van der Waals surface area contributed by atoms with Gasteiger partial charge in [0.15, 0.2) is 0 Å². The number of thioether (sulfide) groups is 1. The van der Waals surface area contributed by atoms with Crippen LogP contribution in [-0.2, 0) is 9.53 Å². The van der Waals surface area contributed by atoms with E-state index in [9.17, 15) is 9.59 Å². The first-order chi connectivity index (χ1) is 10.8. The number of hydrogen-bond donors (Lipinski definition) is 2. The molecule has 0 aliphatic rings. The summed E-state index contributed by atoms with van der Waals surface area (Å²) in [6.07, 6.45) is -0.255. The molecular weight excluding hydrogens is 312 g/mol. The summed E-state index contributed by atoms with van der Waals surface area (Å²) in [6, 6.07) is 8.30. The number of nitrogens with one attached hydrogen (secondary N) is 2. The number of ether oxygens (including phenoxy) is 1. The number of hydrogen-bond acceptors (Lipinski definition) is 4. The van der Waals surface area contributed by atoms with Crippen molar-refractivity contribution in [3.05, 3.63) is 29.8 Å². The lowest BCUT2D eigenvalue weighted by Crippen LogP contribution is -2.35. The molecule has 0 radical (unpaired) electrons. The van der Waals surface area contributed by atoms with E-state index in [4.69, 9.17) is 4.74 Å². The molecule has 0 unspecified atom stereocenters. The van der Waals surface area contributed by atoms with Gasteiger partial charge in [0.25, 0.3) is 0 Å². The van der Waals surface area contributed by atoms with Gasteiger partial charge in [-0.05, 0) is 39.8 Å². The first kappa shape index (κ1) is 19.4. The minimum Gasteiger partial charge on any atom is -0.444 e. The number of carbonyl (C=O) groups is 2. The Balaban J connectivity index is 2.08. The van der Waals surface area contributed by atoms with Crippen LogP contribution in [0.3, 0.4) is 0 Å². The predicted molar refractivity (Wildman–Crippen MR) is 93.8 cm³/mol. The molecule has 1 aromatic rings. The number of amides is 2. The molecule has 0 aliphatic heterocycles. The highest BCUT2D eigenvalue weighted by atomic mass is 32.2. The van der Waals surface area contributed by atoms with Gasteiger partial charge in [0, 0.05) is 30.2 Å². The third-order valence-electron chi connectivity index (χ3n) is 2.73. The normalized spacial score (nSPS) is 11.0. The molecule has 1 aromatic carbocycles. The Hall–Kier alpha value is -1.69. The van der Waals surface area contributed by atoms with E-state index in [1.807, 2.05) is 0 Å². The van der Waals surface area contributed by atoms with Crippen molar-refractivity contribution in [1.29, 1.82) is 0 Å². The fourth-order valence-electron chi connectivity index (χ4n) is 1.67. The van der Waals surface area contributed by atoms with E-state index in [1.165, 1.54) is 10.5 Å². The fraction of sp³-hybridized carbons (Fsp3) is 0.529. The lowest BCUT2D eigenvalue weighted by atomic mass is 10.2. The lowest BCUT2D eigenvalue weighted by Gasteiger charge is -2.19. The van der Waals surface area contributed by atoms with E-state index in [0.717, 1.165) is 5.75 Å². The highest BCUT2D eigenvalue weighted by Gasteiger charge is 2.15. The minimum absolute atomic E-state index is 0.0782. The van der Waals surface area contributed by atoms with Crippen molar-refractivity contribution in [2.75, 3.05) is 18.8 Å². The Morgan fingerprint density at radius 1 is 1.09 bits per heavy atom. The largest absolute Gasteiger partial charge is 0.444 e. The monoisotopic (exact) mass is 338 g/mol. The van der Waals surface area contributed by atoms with Crippen molar-refractivity contribution in [2.45, 2.75) is 44.6 Å². The SMILES string of the molecule is Cc1ccc(SCCNC(=O)CCNC(=O)OC(C)(C)C)cc1. The molecule has 0 spiro atoms. The number of aryl methyl sites for hydroxylation is 1. The fourth-order valence-corrected chi connectivity index (χ4v) is 2.44. The van der Waals surface area contributed by atoms with E-state index in [1.54, 1.807) is 32.5 Å². The number of rotatable bonds is 7. The zero-order chi connectivity index (χ0) is 17.3. The average molecular weight is 338 g/mol. The Morgan fingerprint density at radius 3 is 2.35 bits per heavy atom. The Morgan fingerprint density at radius 2 is 1.74 bits per heavy atom. The first-order valence-corrected chi connectivity index (χ1v) is 8.68. The second kappa shape index (κ2) is 9.45. The second-order valence-electron chi connectivity index (χ2n) is 6.19. The summed E-state index contributed by atoms with van der Waals surface area (Å²) in [7, 11) is 0. The van der Waals surface area contributed by atoms with Crippen LogP contribution in [0.4, 0.5) is 4.79 Å². The number of alkyl carbamates (subject to hydrolysis) is 1. The van der Waals surface area contributed by atoms with Crippen LogP contribution in [0.2, 0.25) is 0 Å². The zero-order valence-electron chi connectivity index (χ0n) is 14.3. The van der Waals surface area contributed by atoms with Gasteiger partial charge >= 0.3 is 6.09 Å². The van der Waals surface area contributed by atoms with Crippen molar-refractivity contribution in [2.24, 2.45) is 0 Å². The van der Waals surface area contributed by atoms with Gasteiger partial charge in [-0.25, -0.2) is 4.79 Å². The van der Waals surface area contributed by atoms with E-state index >= 15 is 0 Å². The van der Waals surface area contributed by atoms with Crippen molar-refractivity contribution in [1.82, 2.24) is 10.6 Å². The van der Waals surface area contributed by atoms with Crippen molar-refractivity contribution in [3.63, 3.8) is 0 Å². The summed E-state index contributed by atoms with van der Waals surface area (Å²) in [4.78, 5) is 24.3. The second-order valence-corrected chi connectivity index (χ2v) is 7.36. The molecule has 23 heavy (non-hydrogen) atoms. The van der Waals surface area contributed by atoms with E-state index < -0.39 is 11.7 Å². The molecule has 0 saturated carbocycles. The van der Waals surface area contributed by atoms with Gasteiger partial charge < -0.3 is 15.4 Å². The van der Waals surface area contributed by atoms with Gasteiger partial charge in [-0.3, -0.25) is 4.79 Å². The van der Waals surface area contributed by atoms with E-state index in [0.29, 0.717) is 6.54 Å². The van der Waals surface area contributed by atoms with Crippen LogP contribution in [0.5, 0.6) is 0 Å². The van der Waals surface area contributed by atoms with E-state index in [2.05, 4.69) is 41.8 Å². The van der Waals surface area contributed by atoms with Crippen molar-refractivity contribution < 1.29 is 14.3 Å². The van der Waals surface area contributed by atoms with Gasteiger partial charge in [-0.1, -0.05) is 17.7 Å². The quantitative estimate of drug-likeness (QED) is 0.592. The summed E-state index contributed by atoms with van der Waals surface area (Å²) >= 11 is 1.70. The molecular formula is C17H26N2O3S. The zero-order valence-corrected chi connectivity index (χ0v) is 15.1. The molecule has 0 aromatic heterocycles. The van der Waals surface area contributed by atoms with Gasteiger partial charge in [-0.15, -0.1) is 11.8 Å². The Kier molecular flexibility index (Phi) is 7.95. The molecule has 5 nitrogen and oxygen atoms in total. The highest BCUT2D eigenvalue weighted by molar-refractivity contribution is 7.99. The number of carbonyl (C=O) groups excluding carboxylic acids is 2. The summed E-state index contributed by atoms with van der Waals surface area (Å²) in [6.45, 7) is 8.32. The predicted octanol–water partition coefficient (Wildman–Crippen LogP) is 3.12. The summed E-state index contributed by atoms with van der Waals surface area (Å²) in [5.41, 5.74) is 0.708. The lowest BCUT2D eigenvalue weighted by molar-refractivity contribution is -0.120. The third-order valence-corrected chi connectivity index (χ3v) is 3.75. The van der Waals surface area contributed by atoms with Crippen molar-refractivity contribution >= 4 is 23.8 Å². The van der Waals surface area contributed by atoms with Gasteiger partial charge in [-0.2, -0.15) is 0 Å². The first-order valence-electron chi connectivity index (χ1n) is 7.69. The molecule has 2 amide bonds.